The van der Waals surface area contributed by atoms with Crippen molar-refractivity contribution in [1.29, 1.82) is 0 Å². The van der Waals surface area contributed by atoms with E-state index in [1.807, 2.05) is 13.0 Å². The van der Waals surface area contributed by atoms with Gasteiger partial charge in [-0.05, 0) is 38.0 Å². The Balaban J connectivity index is 2.06. The summed E-state index contributed by atoms with van der Waals surface area (Å²) in [4.78, 5) is 0. The van der Waals surface area contributed by atoms with Gasteiger partial charge in [-0.1, -0.05) is 6.07 Å². The van der Waals surface area contributed by atoms with Gasteiger partial charge in [0.25, 0.3) is 0 Å². The summed E-state index contributed by atoms with van der Waals surface area (Å²) in [6.45, 7) is 2.54. The van der Waals surface area contributed by atoms with E-state index in [0.717, 1.165) is 18.6 Å². The van der Waals surface area contributed by atoms with Crippen molar-refractivity contribution in [1.82, 2.24) is 5.32 Å². The number of alkyl halides is 2. The first-order valence-corrected chi connectivity index (χ1v) is 6.93. The van der Waals surface area contributed by atoms with Gasteiger partial charge in [0.2, 0.25) is 0 Å². The Labute approximate surface area is 123 Å². The van der Waals surface area contributed by atoms with Crippen LogP contribution >= 0.6 is 0 Å². The molecule has 1 saturated heterocycles. The van der Waals surface area contributed by atoms with E-state index >= 15 is 0 Å². The Hall–Kier alpha value is -1.40. The van der Waals surface area contributed by atoms with Gasteiger partial charge in [-0.15, -0.1) is 0 Å². The van der Waals surface area contributed by atoms with Crippen molar-refractivity contribution >= 4 is 0 Å². The molecule has 1 aliphatic heterocycles. The molecule has 0 bridgehead atoms. The minimum absolute atomic E-state index is 0.0488. The summed E-state index contributed by atoms with van der Waals surface area (Å²) >= 11 is 0. The summed E-state index contributed by atoms with van der Waals surface area (Å²) in [5.41, 5.74) is 0.746. The summed E-state index contributed by atoms with van der Waals surface area (Å²) in [7, 11) is 1.42. The zero-order valence-electron chi connectivity index (χ0n) is 12.5. The molecule has 1 fully saturated rings. The predicted molar refractivity (Wildman–Crippen MR) is 74.9 cm³/mol. The van der Waals surface area contributed by atoms with E-state index in [2.05, 4.69) is 17.0 Å². The van der Waals surface area contributed by atoms with Crippen molar-refractivity contribution in [3.8, 4) is 11.5 Å². The molecule has 6 heteroatoms. The van der Waals surface area contributed by atoms with Crippen molar-refractivity contribution in [3.63, 3.8) is 0 Å². The fraction of sp³-hybridized carbons (Fsp3) is 0.600. The number of hydrogen-bond donors (Lipinski definition) is 1. The Morgan fingerprint density at radius 2 is 2.19 bits per heavy atom. The maximum Gasteiger partial charge on any atom is 0.387 e. The molecular weight excluding hydrogens is 280 g/mol. The molecule has 0 saturated carbocycles. The van der Waals surface area contributed by atoms with E-state index in [1.165, 1.54) is 7.11 Å². The minimum Gasteiger partial charge on any atom is -0.493 e. The number of halogens is 2. The predicted octanol–water partition coefficient (Wildman–Crippen LogP) is 2.95. The van der Waals surface area contributed by atoms with Crippen LogP contribution in [0.5, 0.6) is 11.5 Å². The first-order valence-electron chi connectivity index (χ1n) is 6.93. The second kappa shape index (κ2) is 6.58. The number of ether oxygens (including phenoxy) is 3. The van der Waals surface area contributed by atoms with Gasteiger partial charge in [0, 0.05) is 18.7 Å². The van der Waals surface area contributed by atoms with Crippen LogP contribution in [0.15, 0.2) is 18.2 Å². The highest BCUT2D eigenvalue weighted by Crippen LogP contribution is 2.30. The molecule has 0 amide bonds. The quantitative estimate of drug-likeness (QED) is 0.877. The van der Waals surface area contributed by atoms with Crippen molar-refractivity contribution < 1.29 is 23.0 Å². The number of hydrogen-bond acceptors (Lipinski definition) is 4. The van der Waals surface area contributed by atoms with Crippen LogP contribution in [0.25, 0.3) is 0 Å². The minimum atomic E-state index is -2.87. The Kier molecular flexibility index (Phi) is 5.00. The van der Waals surface area contributed by atoms with E-state index in [9.17, 15) is 8.78 Å². The summed E-state index contributed by atoms with van der Waals surface area (Å²) in [5.74, 6) is 0.343. The molecule has 1 aliphatic rings. The van der Waals surface area contributed by atoms with Gasteiger partial charge in [0.05, 0.1) is 13.2 Å². The third-order valence-corrected chi connectivity index (χ3v) is 4.03. The standard InChI is InChI=1S/C15H21F2NO3/c1-10-15(2,6-7-20-10)18-9-11-4-5-12(19-3)13(8-11)21-14(16)17/h4-5,8,10,14,18H,6-7,9H2,1-3H3. The number of benzene rings is 1. The summed E-state index contributed by atoms with van der Waals surface area (Å²) in [5, 5.41) is 3.43. The lowest BCUT2D eigenvalue weighted by Crippen LogP contribution is -2.47. The van der Waals surface area contributed by atoms with Crippen molar-refractivity contribution in [2.75, 3.05) is 13.7 Å². The van der Waals surface area contributed by atoms with Crippen LogP contribution < -0.4 is 14.8 Å². The number of methoxy groups -OCH3 is 1. The van der Waals surface area contributed by atoms with Crippen LogP contribution in [0.2, 0.25) is 0 Å². The highest BCUT2D eigenvalue weighted by atomic mass is 19.3. The molecule has 21 heavy (non-hydrogen) atoms. The van der Waals surface area contributed by atoms with E-state index in [0.29, 0.717) is 12.3 Å². The molecule has 1 aromatic carbocycles. The third-order valence-electron chi connectivity index (χ3n) is 4.03. The van der Waals surface area contributed by atoms with Gasteiger partial charge in [-0.2, -0.15) is 8.78 Å². The van der Waals surface area contributed by atoms with Gasteiger partial charge < -0.3 is 19.5 Å². The normalized spacial score (nSPS) is 25.3. The molecule has 0 aliphatic carbocycles. The second-order valence-electron chi connectivity index (χ2n) is 5.40. The van der Waals surface area contributed by atoms with Crippen LogP contribution in [0.1, 0.15) is 25.8 Å². The van der Waals surface area contributed by atoms with Crippen LogP contribution in [0.4, 0.5) is 8.78 Å². The van der Waals surface area contributed by atoms with Crippen LogP contribution in [0.3, 0.4) is 0 Å². The molecule has 1 heterocycles. The van der Waals surface area contributed by atoms with E-state index in [4.69, 9.17) is 9.47 Å². The Morgan fingerprint density at radius 3 is 2.76 bits per heavy atom. The maximum absolute atomic E-state index is 12.4. The third kappa shape index (κ3) is 3.83. The maximum atomic E-state index is 12.4. The molecule has 0 spiro atoms. The first kappa shape index (κ1) is 16.0. The molecule has 0 radical (unpaired) electrons. The smallest absolute Gasteiger partial charge is 0.387 e. The molecule has 1 N–H and O–H groups in total. The highest BCUT2D eigenvalue weighted by Gasteiger charge is 2.36. The molecule has 2 rings (SSSR count). The van der Waals surface area contributed by atoms with E-state index in [1.54, 1.807) is 12.1 Å². The topological polar surface area (TPSA) is 39.7 Å². The summed E-state index contributed by atoms with van der Waals surface area (Å²) in [6, 6.07) is 5.03. The largest absolute Gasteiger partial charge is 0.493 e. The second-order valence-corrected chi connectivity index (χ2v) is 5.40. The molecule has 1 aromatic rings. The van der Waals surface area contributed by atoms with Gasteiger partial charge in [0.15, 0.2) is 11.5 Å². The zero-order chi connectivity index (χ0) is 15.5. The van der Waals surface area contributed by atoms with E-state index < -0.39 is 6.61 Å². The monoisotopic (exact) mass is 301 g/mol. The average molecular weight is 301 g/mol. The molecule has 2 unspecified atom stereocenters. The lowest BCUT2D eigenvalue weighted by molar-refractivity contribution is -0.0512. The van der Waals surface area contributed by atoms with Gasteiger partial charge in [-0.25, -0.2) is 0 Å². The average Bonchev–Trinajstić information content (AvgIpc) is 2.76. The van der Waals surface area contributed by atoms with Crippen LogP contribution in [-0.4, -0.2) is 32.0 Å². The first-order chi connectivity index (χ1) is 9.94. The van der Waals surface area contributed by atoms with Gasteiger partial charge in [-0.3, -0.25) is 0 Å². The van der Waals surface area contributed by atoms with E-state index in [-0.39, 0.29) is 17.4 Å². The number of nitrogens with one attached hydrogen (secondary N) is 1. The highest BCUT2D eigenvalue weighted by molar-refractivity contribution is 5.43. The van der Waals surface area contributed by atoms with Crippen molar-refractivity contribution in [2.24, 2.45) is 0 Å². The van der Waals surface area contributed by atoms with Gasteiger partial charge >= 0.3 is 6.61 Å². The molecule has 118 valence electrons. The molecule has 4 nitrogen and oxygen atoms in total. The number of rotatable bonds is 6. The summed E-state index contributed by atoms with van der Waals surface area (Å²) in [6.07, 6.45) is 1.04. The van der Waals surface area contributed by atoms with Gasteiger partial charge in [0.1, 0.15) is 0 Å². The SMILES string of the molecule is COc1ccc(CNC2(C)CCOC2C)cc1OC(F)F. The summed E-state index contributed by atoms with van der Waals surface area (Å²) < 4.78 is 39.9. The fourth-order valence-corrected chi connectivity index (χ4v) is 2.39. The lowest BCUT2D eigenvalue weighted by atomic mass is 9.94. The van der Waals surface area contributed by atoms with Crippen LogP contribution in [-0.2, 0) is 11.3 Å². The molecule has 2 atom stereocenters. The van der Waals surface area contributed by atoms with Crippen LogP contribution in [0, 0.1) is 0 Å². The Bertz CT molecular complexity index is 484. The molecular formula is C15H21F2NO3. The fourth-order valence-electron chi connectivity index (χ4n) is 2.39. The van der Waals surface area contributed by atoms with Crippen molar-refractivity contribution in [2.45, 2.75) is 45.1 Å². The Morgan fingerprint density at radius 1 is 1.43 bits per heavy atom. The molecule has 0 aromatic heterocycles. The lowest BCUT2D eigenvalue weighted by Gasteiger charge is -2.29. The zero-order valence-corrected chi connectivity index (χ0v) is 12.5. The van der Waals surface area contributed by atoms with Crippen molar-refractivity contribution in [3.05, 3.63) is 23.8 Å².